The number of ketones is 1. The summed E-state index contributed by atoms with van der Waals surface area (Å²) in [5.74, 6) is 0.121. The molecule has 0 aliphatic carbocycles. The van der Waals surface area contributed by atoms with Crippen molar-refractivity contribution in [3.63, 3.8) is 0 Å². The fourth-order valence-electron chi connectivity index (χ4n) is 1.54. The van der Waals surface area contributed by atoms with Crippen molar-refractivity contribution in [2.75, 3.05) is 0 Å². The highest BCUT2D eigenvalue weighted by atomic mass is 35.5. The van der Waals surface area contributed by atoms with E-state index in [2.05, 4.69) is 4.98 Å². The van der Waals surface area contributed by atoms with E-state index in [1.165, 1.54) is 0 Å². The molecule has 0 spiro atoms. The highest BCUT2D eigenvalue weighted by Crippen LogP contribution is 2.15. The fraction of sp³-hybridized carbons (Fsp3) is 0.167. The third-order valence-corrected chi connectivity index (χ3v) is 2.50. The van der Waals surface area contributed by atoms with Crippen LogP contribution in [0.3, 0.4) is 0 Å². The minimum atomic E-state index is 0.121. The molecule has 1 aromatic carbocycles. The third-order valence-electron chi connectivity index (χ3n) is 2.25. The first-order valence-corrected chi connectivity index (χ1v) is 5.31. The zero-order chi connectivity index (χ0) is 11.5. The number of hydrogen-bond donors (Lipinski definition) is 0. The maximum absolute atomic E-state index is 11.1. The summed E-state index contributed by atoms with van der Waals surface area (Å²) in [6.45, 7) is 1.57. The lowest BCUT2D eigenvalue weighted by atomic mass is 10.2. The van der Waals surface area contributed by atoms with E-state index in [0.717, 1.165) is 11.4 Å². The summed E-state index contributed by atoms with van der Waals surface area (Å²) < 4.78 is 1.89. The summed E-state index contributed by atoms with van der Waals surface area (Å²) in [4.78, 5) is 15.1. The maximum Gasteiger partial charge on any atom is 0.135 e. The molecule has 2 rings (SSSR count). The summed E-state index contributed by atoms with van der Waals surface area (Å²) in [5.41, 5.74) is 1.84. The van der Waals surface area contributed by atoms with Crippen LogP contribution in [0.25, 0.3) is 5.69 Å². The van der Waals surface area contributed by atoms with Gasteiger partial charge in [-0.2, -0.15) is 0 Å². The van der Waals surface area contributed by atoms with Gasteiger partial charge in [0, 0.05) is 29.0 Å². The largest absolute Gasteiger partial charge is 0.303 e. The van der Waals surface area contributed by atoms with Gasteiger partial charge in [0.25, 0.3) is 0 Å². The predicted octanol–water partition coefficient (Wildman–Crippen LogP) is 2.66. The molecule has 4 heteroatoms. The Hall–Kier alpha value is -1.61. The lowest BCUT2D eigenvalue weighted by Crippen LogP contribution is -2.03. The number of Topliss-reactive ketones (excluding diaryl/α,β-unsaturated/α-hetero) is 1. The molecule has 0 radical (unpaired) electrons. The summed E-state index contributed by atoms with van der Waals surface area (Å²) in [7, 11) is 0. The van der Waals surface area contributed by atoms with Gasteiger partial charge in [-0.25, -0.2) is 4.98 Å². The molecule has 16 heavy (non-hydrogen) atoms. The van der Waals surface area contributed by atoms with Crippen molar-refractivity contribution >= 4 is 17.4 Å². The molecule has 0 aliphatic rings. The number of carbonyl (C=O) groups is 1. The number of rotatable bonds is 3. The van der Waals surface area contributed by atoms with Crippen LogP contribution in [0.2, 0.25) is 5.02 Å². The van der Waals surface area contributed by atoms with Gasteiger partial charge in [-0.05, 0) is 31.2 Å². The van der Waals surface area contributed by atoms with E-state index in [1.54, 1.807) is 19.4 Å². The Bertz CT molecular complexity index is 502. The van der Waals surface area contributed by atoms with Crippen molar-refractivity contribution in [3.05, 3.63) is 47.5 Å². The van der Waals surface area contributed by atoms with Crippen LogP contribution < -0.4 is 0 Å². The van der Waals surface area contributed by atoms with Gasteiger partial charge in [0.15, 0.2) is 0 Å². The normalized spacial score (nSPS) is 10.4. The summed E-state index contributed by atoms with van der Waals surface area (Å²) >= 11 is 5.82. The van der Waals surface area contributed by atoms with Crippen LogP contribution in [-0.2, 0) is 11.2 Å². The first-order chi connectivity index (χ1) is 7.66. The lowest BCUT2D eigenvalue weighted by molar-refractivity contribution is -0.116. The SMILES string of the molecule is CC(=O)Cc1cncn1-c1ccc(Cl)cc1. The molecule has 0 N–H and O–H groups in total. The minimum Gasteiger partial charge on any atom is -0.303 e. The second kappa shape index (κ2) is 4.49. The van der Waals surface area contributed by atoms with Gasteiger partial charge in [-0.15, -0.1) is 0 Å². The Balaban J connectivity index is 2.36. The van der Waals surface area contributed by atoms with Crippen LogP contribution in [0, 0.1) is 0 Å². The number of imidazole rings is 1. The smallest absolute Gasteiger partial charge is 0.135 e. The fourth-order valence-corrected chi connectivity index (χ4v) is 1.67. The van der Waals surface area contributed by atoms with Gasteiger partial charge in [0.05, 0.1) is 6.33 Å². The van der Waals surface area contributed by atoms with Gasteiger partial charge in [0.1, 0.15) is 5.78 Å². The van der Waals surface area contributed by atoms with E-state index in [-0.39, 0.29) is 5.78 Å². The number of benzene rings is 1. The van der Waals surface area contributed by atoms with Crippen LogP contribution >= 0.6 is 11.6 Å². The molecule has 82 valence electrons. The first-order valence-electron chi connectivity index (χ1n) is 4.93. The monoisotopic (exact) mass is 234 g/mol. The van der Waals surface area contributed by atoms with E-state index < -0.39 is 0 Å². The molecule has 0 saturated heterocycles. The van der Waals surface area contributed by atoms with E-state index in [1.807, 2.05) is 28.8 Å². The van der Waals surface area contributed by atoms with E-state index in [9.17, 15) is 4.79 Å². The van der Waals surface area contributed by atoms with Crippen molar-refractivity contribution in [3.8, 4) is 5.69 Å². The number of aromatic nitrogens is 2. The number of nitrogens with zero attached hydrogens (tertiary/aromatic N) is 2. The third kappa shape index (κ3) is 2.31. The number of halogens is 1. The quantitative estimate of drug-likeness (QED) is 0.819. The zero-order valence-electron chi connectivity index (χ0n) is 8.85. The Morgan fingerprint density at radius 1 is 1.38 bits per heavy atom. The molecule has 0 bridgehead atoms. The molecule has 3 nitrogen and oxygen atoms in total. The summed E-state index contributed by atoms with van der Waals surface area (Å²) in [5, 5.41) is 0.692. The minimum absolute atomic E-state index is 0.121. The topological polar surface area (TPSA) is 34.9 Å². The second-order valence-electron chi connectivity index (χ2n) is 3.61. The van der Waals surface area contributed by atoms with Crippen molar-refractivity contribution in [2.45, 2.75) is 13.3 Å². The van der Waals surface area contributed by atoms with Crippen molar-refractivity contribution < 1.29 is 4.79 Å². The van der Waals surface area contributed by atoms with E-state index >= 15 is 0 Å². The van der Waals surface area contributed by atoms with Gasteiger partial charge in [-0.1, -0.05) is 11.6 Å². The van der Waals surface area contributed by atoms with Gasteiger partial charge < -0.3 is 4.57 Å². The molecule has 2 aromatic rings. The van der Waals surface area contributed by atoms with Gasteiger partial charge in [0.2, 0.25) is 0 Å². The second-order valence-corrected chi connectivity index (χ2v) is 4.05. The summed E-state index contributed by atoms with van der Waals surface area (Å²) in [6, 6.07) is 7.42. The van der Waals surface area contributed by atoms with Gasteiger partial charge in [-0.3, -0.25) is 4.79 Å². The maximum atomic E-state index is 11.1. The Kier molecular flexibility index (Phi) is 3.06. The standard InChI is InChI=1S/C12H11ClN2O/c1-9(16)6-12-7-14-8-15(12)11-4-2-10(13)3-5-11/h2-5,7-8H,6H2,1H3. The molecule has 0 amide bonds. The molecule has 0 atom stereocenters. The van der Waals surface area contributed by atoms with Crippen molar-refractivity contribution in [2.24, 2.45) is 0 Å². The molecule has 0 saturated carbocycles. The zero-order valence-corrected chi connectivity index (χ0v) is 9.61. The van der Waals surface area contributed by atoms with Crippen LogP contribution in [0.5, 0.6) is 0 Å². The Morgan fingerprint density at radius 2 is 2.06 bits per heavy atom. The lowest BCUT2D eigenvalue weighted by Gasteiger charge is -2.06. The number of carbonyl (C=O) groups excluding carboxylic acids is 1. The molecule has 0 fully saturated rings. The predicted molar refractivity (Wildman–Crippen MR) is 63.0 cm³/mol. The molecule has 0 unspecified atom stereocenters. The highest BCUT2D eigenvalue weighted by molar-refractivity contribution is 6.30. The first kappa shape index (κ1) is 10.9. The van der Waals surface area contributed by atoms with Crippen molar-refractivity contribution in [1.82, 2.24) is 9.55 Å². The van der Waals surface area contributed by atoms with E-state index in [4.69, 9.17) is 11.6 Å². The Labute approximate surface area is 98.7 Å². The molecule has 1 aromatic heterocycles. The molecule has 1 heterocycles. The van der Waals surface area contributed by atoms with Crippen molar-refractivity contribution in [1.29, 1.82) is 0 Å². The average Bonchev–Trinajstić information content (AvgIpc) is 2.66. The van der Waals surface area contributed by atoms with Crippen LogP contribution in [0.1, 0.15) is 12.6 Å². The van der Waals surface area contributed by atoms with E-state index in [0.29, 0.717) is 11.4 Å². The van der Waals surface area contributed by atoms with Crippen LogP contribution in [0.15, 0.2) is 36.8 Å². The highest BCUT2D eigenvalue weighted by Gasteiger charge is 2.06. The van der Waals surface area contributed by atoms with Crippen LogP contribution in [0.4, 0.5) is 0 Å². The van der Waals surface area contributed by atoms with Crippen LogP contribution in [-0.4, -0.2) is 15.3 Å². The average molecular weight is 235 g/mol. The number of hydrogen-bond acceptors (Lipinski definition) is 2. The molecular weight excluding hydrogens is 224 g/mol. The van der Waals surface area contributed by atoms with Gasteiger partial charge >= 0.3 is 0 Å². The Morgan fingerprint density at radius 3 is 2.69 bits per heavy atom. The molecular formula is C12H11ClN2O. The summed E-state index contributed by atoms with van der Waals surface area (Å²) in [6.07, 6.45) is 3.79. The molecule has 0 aliphatic heterocycles.